The summed E-state index contributed by atoms with van der Waals surface area (Å²) in [4.78, 5) is 0. The lowest BCUT2D eigenvalue weighted by atomic mass is 9.45. The molecule has 1 heterocycles. The standard InChI is InChI=1S/C10H17B5O2/c1-2-10(14,15)4-5(11)7(13)9-8(6(4)12)16-3-17-9/h2-3,11-15H2,1H3. The lowest BCUT2D eigenvalue weighted by molar-refractivity contribution is 0.175. The zero-order valence-corrected chi connectivity index (χ0v) is 11.7. The molecule has 2 nitrogen and oxygen atoms in total. The van der Waals surface area contributed by atoms with Crippen LogP contribution in [0, 0.1) is 0 Å². The average Bonchev–Trinajstić information content (AvgIpc) is 2.75. The van der Waals surface area contributed by atoms with Crippen molar-refractivity contribution in [3.8, 4) is 11.5 Å². The van der Waals surface area contributed by atoms with E-state index in [2.05, 4.69) is 46.2 Å². The van der Waals surface area contributed by atoms with Crippen LogP contribution in [0.5, 0.6) is 11.5 Å². The van der Waals surface area contributed by atoms with Gasteiger partial charge in [-0.05, 0) is 10.9 Å². The smallest absolute Gasteiger partial charge is 0.231 e. The van der Waals surface area contributed by atoms with Gasteiger partial charge in [0.2, 0.25) is 6.79 Å². The quantitative estimate of drug-likeness (QED) is 0.468. The maximum Gasteiger partial charge on any atom is 0.231 e. The molecule has 84 valence electrons. The minimum absolute atomic E-state index is 0.180. The Morgan fingerprint density at radius 2 is 1.53 bits per heavy atom. The molecule has 0 saturated heterocycles. The summed E-state index contributed by atoms with van der Waals surface area (Å²) in [6, 6.07) is 0. The molecule has 1 aliphatic heterocycles. The Morgan fingerprint density at radius 1 is 1.00 bits per heavy atom. The van der Waals surface area contributed by atoms with Crippen LogP contribution in [-0.4, -0.2) is 46.0 Å². The molecule has 0 aliphatic carbocycles. The summed E-state index contributed by atoms with van der Waals surface area (Å²) < 4.78 is 11.2. The maximum atomic E-state index is 5.62. The lowest BCUT2D eigenvalue weighted by Crippen LogP contribution is -2.45. The topological polar surface area (TPSA) is 18.5 Å². The summed E-state index contributed by atoms with van der Waals surface area (Å²) in [5, 5.41) is 0.180. The van der Waals surface area contributed by atoms with Crippen LogP contribution in [0.4, 0.5) is 0 Å². The van der Waals surface area contributed by atoms with E-state index < -0.39 is 0 Å². The number of benzene rings is 1. The van der Waals surface area contributed by atoms with E-state index in [9.17, 15) is 0 Å². The summed E-state index contributed by atoms with van der Waals surface area (Å²) >= 11 is 0. The SMILES string of the molecule is Bc1c(B)c(C(B)(B)CC)c(B)c2c1OCO2. The maximum absolute atomic E-state index is 5.62. The van der Waals surface area contributed by atoms with Crippen molar-refractivity contribution in [1.82, 2.24) is 0 Å². The number of rotatable bonds is 2. The van der Waals surface area contributed by atoms with E-state index in [0.29, 0.717) is 6.79 Å². The molecule has 17 heavy (non-hydrogen) atoms. The average molecular weight is 223 g/mol. The molecule has 0 saturated carbocycles. The van der Waals surface area contributed by atoms with E-state index in [4.69, 9.17) is 9.47 Å². The second kappa shape index (κ2) is 4.11. The van der Waals surface area contributed by atoms with Gasteiger partial charge < -0.3 is 9.47 Å². The fraction of sp³-hybridized carbons (Fsp3) is 0.400. The fourth-order valence-electron chi connectivity index (χ4n) is 2.78. The minimum Gasteiger partial charge on any atom is -0.454 e. The van der Waals surface area contributed by atoms with Gasteiger partial charge in [-0.2, -0.15) is 0 Å². The van der Waals surface area contributed by atoms with Crippen LogP contribution in [0.2, 0.25) is 0 Å². The zero-order valence-electron chi connectivity index (χ0n) is 11.7. The number of fused-ring (bicyclic) bond motifs is 1. The van der Waals surface area contributed by atoms with Gasteiger partial charge in [0.15, 0.2) is 11.5 Å². The van der Waals surface area contributed by atoms with E-state index >= 15 is 0 Å². The number of ether oxygens (including phenoxy) is 2. The molecule has 0 N–H and O–H groups in total. The zero-order chi connectivity index (χ0) is 12.8. The summed E-state index contributed by atoms with van der Waals surface area (Å²) in [6.07, 6.45) is 1.12. The van der Waals surface area contributed by atoms with Crippen LogP contribution < -0.4 is 25.9 Å². The third kappa shape index (κ3) is 1.80. The molecule has 1 aromatic rings. The number of hydrogen-bond acceptors (Lipinski definition) is 2. The molecular weight excluding hydrogens is 206 g/mol. The minimum atomic E-state index is 0.180. The molecule has 0 spiro atoms. The Labute approximate surface area is 108 Å². The molecule has 0 fully saturated rings. The Hall–Kier alpha value is -0.855. The van der Waals surface area contributed by atoms with Crippen molar-refractivity contribution in [2.75, 3.05) is 6.79 Å². The third-order valence-electron chi connectivity index (χ3n) is 4.17. The van der Waals surface area contributed by atoms with Gasteiger partial charge >= 0.3 is 0 Å². The van der Waals surface area contributed by atoms with E-state index in [1.165, 1.54) is 22.0 Å². The molecule has 1 aromatic carbocycles. The molecule has 0 radical (unpaired) electrons. The van der Waals surface area contributed by atoms with Gasteiger partial charge in [-0.3, -0.25) is 0 Å². The van der Waals surface area contributed by atoms with Crippen LogP contribution in [-0.2, 0) is 5.21 Å². The van der Waals surface area contributed by atoms with E-state index in [-0.39, 0.29) is 5.21 Å². The van der Waals surface area contributed by atoms with E-state index in [1.54, 1.807) is 0 Å². The van der Waals surface area contributed by atoms with Crippen molar-refractivity contribution in [2.24, 2.45) is 0 Å². The van der Waals surface area contributed by atoms with Crippen molar-refractivity contribution >= 4 is 55.6 Å². The second-order valence-electron chi connectivity index (χ2n) is 5.55. The largest absolute Gasteiger partial charge is 0.454 e. The van der Waals surface area contributed by atoms with E-state index in [1.807, 2.05) is 0 Å². The molecule has 0 atom stereocenters. The van der Waals surface area contributed by atoms with Crippen molar-refractivity contribution in [1.29, 1.82) is 0 Å². The highest BCUT2D eigenvalue weighted by atomic mass is 16.7. The van der Waals surface area contributed by atoms with Crippen LogP contribution in [0.25, 0.3) is 0 Å². The predicted molar refractivity (Wildman–Crippen MR) is 86.2 cm³/mol. The normalized spacial score (nSPS) is 13.9. The van der Waals surface area contributed by atoms with Crippen molar-refractivity contribution in [3.63, 3.8) is 0 Å². The molecular formula is C10H17B5O2. The number of hydrogen-bond donors (Lipinski definition) is 0. The summed E-state index contributed by atoms with van der Waals surface area (Å²) in [5.41, 5.74) is 5.23. The van der Waals surface area contributed by atoms with Crippen LogP contribution in [0.3, 0.4) is 0 Å². The first-order valence-electron chi connectivity index (χ1n) is 6.30. The van der Waals surface area contributed by atoms with Gasteiger partial charge in [0.1, 0.15) is 39.2 Å². The summed E-state index contributed by atoms with van der Waals surface area (Å²) in [5.74, 6) is 1.89. The van der Waals surface area contributed by atoms with Gasteiger partial charge in [0.05, 0.1) is 0 Å². The fourth-order valence-corrected chi connectivity index (χ4v) is 2.78. The molecule has 0 aromatic heterocycles. The van der Waals surface area contributed by atoms with Crippen LogP contribution in [0.15, 0.2) is 0 Å². The summed E-state index contributed by atoms with van der Waals surface area (Å²) in [6.45, 7) is 2.59. The summed E-state index contributed by atoms with van der Waals surface area (Å²) in [7, 11) is 11.1. The van der Waals surface area contributed by atoms with Crippen LogP contribution >= 0.6 is 0 Å². The van der Waals surface area contributed by atoms with Gasteiger partial charge in [-0.15, -0.1) is 0 Å². The Balaban J connectivity index is 2.73. The van der Waals surface area contributed by atoms with Crippen molar-refractivity contribution in [2.45, 2.75) is 18.6 Å². The first kappa shape index (κ1) is 12.6. The highest BCUT2D eigenvalue weighted by Gasteiger charge is 2.29. The highest BCUT2D eigenvalue weighted by Crippen LogP contribution is 2.30. The van der Waals surface area contributed by atoms with Gasteiger partial charge in [-0.1, -0.05) is 29.6 Å². The third-order valence-corrected chi connectivity index (χ3v) is 4.17. The van der Waals surface area contributed by atoms with Gasteiger partial charge in [0, 0.05) is 0 Å². The molecule has 0 unspecified atom stereocenters. The van der Waals surface area contributed by atoms with Crippen LogP contribution in [0.1, 0.15) is 18.9 Å². The van der Waals surface area contributed by atoms with E-state index in [0.717, 1.165) is 17.9 Å². The highest BCUT2D eigenvalue weighted by molar-refractivity contribution is 6.56. The first-order valence-corrected chi connectivity index (χ1v) is 6.30. The van der Waals surface area contributed by atoms with Crippen molar-refractivity contribution in [3.05, 3.63) is 5.56 Å². The molecule has 1 aliphatic rings. The lowest BCUT2D eigenvalue weighted by Gasteiger charge is -2.30. The molecule has 2 rings (SSSR count). The Kier molecular flexibility index (Phi) is 3.05. The van der Waals surface area contributed by atoms with Crippen molar-refractivity contribution < 1.29 is 9.47 Å². The van der Waals surface area contributed by atoms with Gasteiger partial charge in [0.25, 0.3) is 0 Å². The first-order chi connectivity index (χ1) is 7.90. The second-order valence-corrected chi connectivity index (χ2v) is 5.55. The Bertz CT molecular complexity index is 472. The predicted octanol–water partition coefficient (Wildman–Crippen LogP) is -4.98. The monoisotopic (exact) mass is 224 g/mol. The molecule has 0 bridgehead atoms. The Morgan fingerprint density at radius 3 is 2.06 bits per heavy atom. The van der Waals surface area contributed by atoms with Gasteiger partial charge in [-0.25, -0.2) is 0 Å². The molecule has 0 amide bonds. The molecule has 7 heteroatoms.